The summed E-state index contributed by atoms with van der Waals surface area (Å²) >= 11 is 1.19. The molecule has 0 saturated heterocycles. The van der Waals surface area contributed by atoms with Crippen LogP contribution in [0.4, 0.5) is 0 Å². The summed E-state index contributed by atoms with van der Waals surface area (Å²) in [5.41, 5.74) is 1.76. The summed E-state index contributed by atoms with van der Waals surface area (Å²) in [5, 5.41) is 0. The molecule has 1 rings (SSSR count). The van der Waals surface area contributed by atoms with Crippen molar-refractivity contribution in [1.82, 2.24) is 4.98 Å². The lowest BCUT2D eigenvalue weighted by Gasteiger charge is -1.97. The molecule has 11 heavy (non-hydrogen) atoms. The van der Waals surface area contributed by atoms with E-state index in [-0.39, 0.29) is 5.59 Å². The Balaban J connectivity index is 2.76. The maximum absolute atomic E-state index is 11.0. The fourth-order valence-corrected chi connectivity index (χ4v) is 1.20. The Morgan fingerprint density at radius 3 is 3.09 bits per heavy atom. The van der Waals surface area contributed by atoms with Crippen LogP contribution in [0.25, 0.3) is 0 Å². The van der Waals surface area contributed by atoms with Gasteiger partial charge in [-0.25, -0.2) is 4.79 Å². The average Bonchev–Trinajstić information content (AvgIpc) is 2.36. The zero-order valence-corrected chi connectivity index (χ0v) is 6.85. The molecule has 3 nitrogen and oxygen atoms in total. The van der Waals surface area contributed by atoms with Crippen molar-refractivity contribution in [3.05, 3.63) is 10.4 Å². The van der Waals surface area contributed by atoms with Crippen molar-refractivity contribution in [2.75, 3.05) is 6.61 Å². The van der Waals surface area contributed by atoms with Gasteiger partial charge in [0.15, 0.2) is 0 Å². The lowest BCUT2D eigenvalue weighted by atomic mass is 10.0. The van der Waals surface area contributed by atoms with E-state index in [2.05, 4.69) is 4.98 Å². The van der Waals surface area contributed by atoms with Crippen molar-refractivity contribution < 1.29 is 9.53 Å². The number of hydrogen-bond donors (Lipinski definition) is 0. The van der Waals surface area contributed by atoms with E-state index in [1.54, 1.807) is 6.92 Å². The minimum absolute atomic E-state index is 0.244. The molecule has 0 aromatic carbocycles. The second-order valence-corrected chi connectivity index (χ2v) is 2.64. The summed E-state index contributed by atoms with van der Waals surface area (Å²) in [5.74, 6) is -0.396. The molecule has 0 fully saturated rings. The van der Waals surface area contributed by atoms with E-state index in [4.69, 9.17) is 12.6 Å². The molecular weight excluding hydrogens is 161 g/mol. The van der Waals surface area contributed by atoms with Crippen molar-refractivity contribution in [2.24, 2.45) is 0 Å². The first kappa shape index (κ1) is 8.26. The monoisotopic (exact) mass is 167 g/mol. The minimum Gasteiger partial charge on any atom is -0.462 e. The molecule has 0 saturated carbocycles. The highest BCUT2D eigenvalue weighted by atomic mass is 32.1. The van der Waals surface area contributed by atoms with Gasteiger partial charge in [0.1, 0.15) is 12.7 Å². The zero-order valence-electron chi connectivity index (χ0n) is 6.03. The van der Waals surface area contributed by atoms with Gasteiger partial charge in [0.2, 0.25) is 0 Å². The van der Waals surface area contributed by atoms with Gasteiger partial charge in [0, 0.05) is 5.59 Å². The molecule has 56 valence electrons. The van der Waals surface area contributed by atoms with E-state index in [9.17, 15) is 4.79 Å². The number of carbonyl (C=O) groups is 1. The fraction of sp³-hybridized carbons (Fsp3) is 0.333. The van der Waals surface area contributed by atoms with Crippen molar-refractivity contribution in [2.45, 2.75) is 6.92 Å². The molecule has 1 aromatic rings. The Bertz CT molecular complexity index is 261. The summed E-state index contributed by atoms with van der Waals surface area (Å²) in [6, 6.07) is 0. The van der Waals surface area contributed by atoms with E-state index < -0.39 is 5.97 Å². The molecule has 0 spiro atoms. The summed E-state index contributed by atoms with van der Waals surface area (Å²) in [4.78, 5) is 15.1. The first-order valence-electron chi connectivity index (χ1n) is 3.11. The SMILES string of the molecule is [B]c1ncsc1C(=O)OCC. The van der Waals surface area contributed by atoms with E-state index in [0.29, 0.717) is 11.5 Å². The first-order valence-corrected chi connectivity index (χ1v) is 3.99. The second kappa shape index (κ2) is 3.53. The smallest absolute Gasteiger partial charge is 0.349 e. The summed E-state index contributed by atoms with van der Waals surface area (Å²) < 4.78 is 4.72. The molecule has 0 amide bonds. The van der Waals surface area contributed by atoms with Crippen LogP contribution in [-0.2, 0) is 4.74 Å². The van der Waals surface area contributed by atoms with E-state index >= 15 is 0 Å². The van der Waals surface area contributed by atoms with Crippen LogP contribution in [0.5, 0.6) is 0 Å². The largest absolute Gasteiger partial charge is 0.462 e. The molecular formula is C6H6BNO2S. The molecule has 1 aromatic heterocycles. The zero-order chi connectivity index (χ0) is 8.27. The van der Waals surface area contributed by atoms with Gasteiger partial charge < -0.3 is 4.74 Å². The second-order valence-electron chi connectivity index (χ2n) is 1.79. The third-order valence-electron chi connectivity index (χ3n) is 1.06. The number of aromatic nitrogens is 1. The number of thiazole rings is 1. The molecule has 0 bridgehead atoms. The minimum atomic E-state index is -0.396. The Hall–Kier alpha value is -0.835. The lowest BCUT2D eigenvalue weighted by Crippen LogP contribution is -2.15. The maximum atomic E-state index is 11.0. The highest BCUT2D eigenvalue weighted by molar-refractivity contribution is 7.12. The van der Waals surface area contributed by atoms with Gasteiger partial charge in [-0.05, 0) is 6.92 Å². The van der Waals surface area contributed by atoms with Gasteiger partial charge in [-0.3, -0.25) is 4.98 Å². The van der Waals surface area contributed by atoms with E-state index in [1.165, 1.54) is 16.8 Å². The lowest BCUT2D eigenvalue weighted by molar-refractivity contribution is 0.0533. The quantitative estimate of drug-likeness (QED) is 0.463. The average molecular weight is 167 g/mol. The van der Waals surface area contributed by atoms with Gasteiger partial charge in [-0.2, -0.15) is 0 Å². The van der Waals surface area contributed by atoms with E-state index in [0.717, 1.165) is 0 Å². The van der Waals surface area contributed by atoms with Crippen molar-refractivity contribution in [3.8, 4) is 0 Å². The highest BCUT2D eigenvalue weighted by Gasteiger charge is 2.10. The summed E-state index contributed by atoms with van der Waals surface area (Å²) in [6.45, 7) is 2.10. The Morgan fingerprint density at radius 2 is 2.64 bits per heavy atom. The topological polar surface area (TPSA) is 39.2 Å². The molecule has 0 aliphatic rings. The van der Waals surface area contributed by atoms with Crippen LogP contribution in [0.3, 0.4) is 0 Å². The van der Waals surface area contributed by atoms with Gasteiger partial charge in [-0.1, -0.05) is 0 Å². The van der Waals surface area contributed by atoms with Gasteiger partial charge in [0.25, 0.3) is 0 Å². The van der Waals surface area contributed by atoms with Crippen LogP contribution in [0.2, 0.25) is 0 Å². The fourth-order valence-electron chi connectivity index (χ4n) is 0.604. The van der Waals surface area contributed by atoms with Crippen LogP contribution in [-0.4, -0.2) is 25.4 Å². The summed E-state index contributed by atoms with van der Waals surface area (Å²) in [7, 11) is 5.37. The molecule has 0 aliphatic heterocycles. The van der Waals surface area contributed by atoms with Crippen molar-refractivity contribution in [1.29, 1.82) is 0 Å². The Morgan fingerprint density at radius 1 is 1.91 bits per heavy atom. The number of hydrogen-bond acceptors (Lipinski definition) is 4. The third-order valence-corrected chi connectivity index (χ3v) is 1.88. The van der Waals surface area contributed by atoms with Crippen molar-refractivity contribution >= 4 is 30.7 Å². The van der Waals surface area contributed by atoms with Crippen LogP contribution < -0.4 is 5.59 Å². The molecule has 5 heteroatoms. The van der Waals surface area contributed by atoms with E-state index in [1.807, 2.05) is 0 Å². The van der Waals surface area contributed by atoms with Crippen LogP contribution in [0, 0.1) is 0 Å². The molecule has 0 atom stereocenters. The molecule has 0 unspecified atom stereocenters. The highest BCUT2D eigenvalue weighted by Crippen LogP contribution is 2.03. The first-order chi connectivity index (χ1) is 5.25. The normalized spacial score (nSPS) is 9.55. The van der Waals surface area contributed by atoms with Crippen LogP contribution in [0.15, 0.2) is 5.51 Å². The van der Waals surface area contributed by atoms with Crippen LogP contribution in [0.1, 0.15) is 16.6 Å². The van der Waals surface area contributed by atoms with Crippen molar-refractivity contribution in [3.63, 3.8) is 0 Å². The number of esters is 1. The van der Waals surface area contributed by atoms with Gasteiger partial charge >= 0.3 is 5.97 Å². The maximum Gasteiger partial charge on any atom is 0.349 e. The standard InChI is InChI=1S/C6H6BNO2S/c1-2-10-6(9)4-5(7)8-3-11-4/h3H,2H2,1H3. The molecule has 1 heterocycles. The summed E-state index contributed by atoms with van der Waals surface area (Å²) in [6.07, 6.45) is 0. The predicted molar refractivity (Wildman–Crippen MR) is 43.5 cm³/mol. The number of carbonyl (C=O) groups excluding carboxylic acids is 1. The van der Waals surface area contributed by atoms with Crippen LogP contribution >= 0.6 is 11.3 Å². The molecule has 0 N–H and O–H groups in total. The number of ether oxygens (including phenoxy) is 1. The Labute approximate surface area is 69.8 Å². The van der Waals surface area contributed by atoms with Gasteiger partial charge in [0.05, 0.1) is 12.1 Å². The number of rotatable bonds is 2. The third kappa shape index (κ3) is 1.80. The predicted octanol–water partition coefficient (Wildman–Crippen LogP) is 0.114. The Kier molecular flexibility index (Phi) is 2.65. The number of nitrogens with zero attached hydrogens (tertiary/aromatic N) is 1. The molecule has 0 aliphatic carbocycles. The van der Waals surface area contributed by atoms with Gasteiger partial charge in [-0.15, -0.1) is 11.3 Å². The molecule has 2 radical (unpaired) electrons.